The van der Waals surface area contributed by atoms with Gasteiger partial charge in [-0.15, -0.1) is 0 Å². The van der Waals surface area contributed by atoms with Gasteiger partial charge < -0.3 is 30.7 Å². The van der Waals surface area contributed by atoms with Gasteiger partial charge in [-0.1, -0.05) is 24.3 Å². The number of nitrogens with one attached hydrogen (secondary N) is 5. The van der Waals surface area contributed by atoms with Crippen LogP contribution in [0.3, 0.4) is 0 Å². The largest absolute Gasteiger partial charge is 0.374 e. The van der Waals surface area contributed by atoms with Gasteiger partial charge in [-0.05, 0) is 61.6 Å². The summed E-state index contributed by atoms with van der Waals surface area (Å²) in [5, 5.41) is 18.0. The lowest BCUT2D eigenvalue weighted by Crippen LogP contribution is -2.39. The maximum atomic E-state index is 12.9. The molecule has 0 bridgehead atoms. The van der Waals surface area contributed by atoms with E-state index < -0.39 is 0 Å². The van der Waals surface area contributed by atoms with E-state index >= 15 is 0 Å². The second kappa shape index (κ2) is 10.8. The Hall–Kier alpha value is -3.94. The molecule has 188 valence electrons. The molecule has 8 heteroatoms. The van der Waals surface area contributed by atoms with Gasteiger partial charge in [0.05, 0.1) is 16.9 Å². The quantitative estimate of drug-likeness (QED) is 0.235. The van der Waals surface area contributed by atoms with Crippen molar-refractivity contribution in [2.75, 3.05) is 54.1 Å². The standard InChI is InChI=1S/C28H35N7O/c1-30-27-23(13-14-31-27)26(29)35-17-7-9-21(19-35)20-8-6-10-22(18-20)32-28(36)33-24-11-2-3-12-25(24)34-15-4-5-16-34/h2-3,6,8,10-14,18,21,29-31H,4-5,7,9,15-17,19H2,1H3,(H2,32,33,36)/t21-/m1/s1. The fourth-order valence-corrected chi connectivity index (χ4v) is 5.36. The molecule has 0 radical (unpaired) electrons. The van der Waals surface area contributed by atoms with Crippen molar-refractivity contribution in [3.63, 3.8) is 0 Å². The van der Waals surface area contributed by atoms with Crippen LogP contribution in [0, 0.1) is 5.41 Å². The number of para-hydroxylation sites is 2. The first-order valence-electron chi connectivity index (χ1n) is 12.8. The van der Waals surface area contributed by atoms with Crippen molar-refractivity contribution in [2.24, 2.45) is 0 Å². The van der Waals surface area contributed by atoms with Crippen molar-refractivity contribution < 1.29 is 4.79 Å². The number of carbonyl (C=O) groups is 1. The molecule has 1 aromatic heterocycles. The Labute approximate surface area is 212 Å². The van der Waals surface area contributed by atoms with Gasteiger partial charge in [0.25, 0.3) is 0 Å². The number of rotatable bonds is 6. The molecule has 0 aliphatic carbocycles. The number of piperidine rings is 1. The summed E-state index contributed by atoms with van der Waals surface area (Å²) < 4.78 is 0. The summed E-state index contributed by atoms with van der Waals surface area (Å²) >= 11 is 0. The first-order valence-corrected chi connectivity index (χ1v) is 12.8. The molecular weight excluding hydrogens is 450 g/mol. The Bertz CT molecular complexity index is 1210. The van der Waals surface area contributed by atoms with Gasteiger partial charge in [0.2, 0.25) is 0 Å². The number of anilines is 4. The first kappa shape index (κ1) is 23.8. The summed E-state index contributed by atoms with van der Waals surface area (Å²) in [5.41, 5.74) is 4.76. The van der Waals surface area contributed by atoms with Crippen molar-refractivity contribution in [2.45, 2.75) is 31.6 Å². The van der Waals surface area contributed by atoms with Gasteiger partial charge in [-0.3, -0.25) is 5.41 Å². The van der Waals surface area contributed by atoms with E-state index in [1.807, 2.05) is 49.6 Å². The van der Waals surface area contributed by atoms with Crippen LogP contribution in [-0.2, 0) is 0 Å². The van der Waals surface area contributed by atoms with E-state index in [4.69, 9.17) is 5.41 Å². The second-order valence-electron chi connectivity index (χ2n) is 9.57. The number of amidine groups is 1. The summed E-state index contributed by atoms with van der Waals surface area (Å²) in [6, 6.07) is 17.8. The number of amides is 2. The molecule has 2 fully saturated rings. The molecule has 1 atom stereocenters. The zero-order valence-corrected chi connectivity index (χ0v) is 20.8. The molecule has 3 aromatic rings. The molecule has 0 spiro atoms. The van der Waals surface area contributed by atoms with E-state index in [0.29, 0.717) is 11.8 Å². The highest BCUT2D eigenvalue weighted by Gasteiger charge is 2.25. The average Bonchev–Trinajstić information content (AvgIpc) is 3.61. The van der Waals surface area contributed by atoms with Crippen LogP contribution in [-0.4, -0.2) is 55.0 Å². The minimum Gasteiger partial charge on any atom is -0.374 e. The third kappa shape index (κ3) is 5.17. The lowest BCUT2D eigenvalue weighted by molar-refractivity contribution is 0.262. The summed E-state index contributed by atoms with van der Waals surface area (Å²) in [6.45, 7) is 3.71. The van der Waals surface area contributed by atoms with Crippen molar-refractivity contribution in [3.8, 4) is 0 Å². The van der Waals surface area contributed by atoms with Crippen LogP contribution in [0.5, 0.6) is 0 Å². The first-order chi connectivity index (χ1) is 17.6. The number of hydrogen-bond donors (Lipinski definition) is 5. The Morgan fingerprint density at radius 1 is 1.00 bits per heavy atom. The normalized spacial score (nSPS) is 17.6. The predicted molar refractivity (Wildman–Crippen MR) is 148 cm³/mol. The highest BCUT2D eigenvalue weighted by atomic mass is 16.2. The number of carbonyl (C=O) groups excluding carboxylic acids is 1. The highest BCUT2D eigenvalue weighted by molar-refractivity contribution is 6.02. The monoisotopic (exact) mass is 485 g/mol. The smallest absolute Gasteiger partial charge is 0.323 e. The second-order valence-corrected chi connectivity index (χ2v) is 9.57. The fraction of sp³-hybridized carbons (Fsp3) is 0.357. The average molecular weight is 486 g/mol. The number of urea groups is 1. The van der Waals surface area contributed by atoms with Crippen LogP contribution >= 0.6 is 0 Å². The molecule has 0 unspecified atom stereocenters. The topological polar surface area (TPSA) is 99.3 Å². The number of likely N-dealkylation sites (tertiary alicyclic amines) is 1. The Kier molecular flexibility index (Phi) is 7.11. The van der Waals surface area contributed by atoms with Crippen molar-refractivity contribution >= 4 is 34.7 Å². The van der Waals surface area contributed by atoms with E-state index in [0.717, 1.165) is 67.5 Å². The summed E-state index contributed by atoms with van der Waals surface area (Å²) in [7, 11) is 1.86. The van der Waals surface area contributed by atoms with Gasteiger partial charge in [-0.2, -0.15) is 0 Å². The number of aromatic nitrogens is 1. The molecular formula is C28H35N7O. The molecule has 5 N–H and O–H groups in total. The SMILES string of the molecule is CNc1[nH]ccc1C(=N)N1CCC[C@@H](c2cccc(NC(=O)Nc3ccccc3N3CCCC3)c2)C1. The highest BCUT2D eigenvalue weighted by Crippen LogP contribution is 2.31. The number of aromatic amines is 1. The zero-order chi connectivity index (χ0) is 24.9. The van der Waals surface area contributed by atoms with Gasteiger partial charge in [0.1, 0.15) is 11.7 Å². The molecule has 36 heavy (non-hydrogen) atoms. The predicted octanol–water partition coefficient (Wildman–Crippen LogP) is 5.51. The summed E-state index contributed by atoms with van der Waals surface area (Å²) in [5.74, 6) is 1.71. The van der Waals surface area contributed by atoms with E-state index in [1.54, 1.807) is 0 Å². The molecule has 2 aromatic carbocycles. The molecule has 2 aliphatic heterocycles. The van der Waals surface area contributed by atoms with Crippen LogP contribution in [0.4, 0.5) is 27.7 Å². The van der Waals surface area contributed by atoms with Crippen molar-refractivity contribution in [1.82, 2.24) is 9.88 Å². The maximum absolute atomic E-state index is 12.9. The molecule has 0 saturated carbocycles. The Balaban J connectivity index is 1.24. The molecule has 5 rings (SSSR count). The van der Waals surface area contributed by atoms with Crippen LogP contribution in [0.25, 0.3) is 0 Å². The van der Waals surface area contributed by atoms with Crippen LogP contribution < -0.4 is 20.9 Å². The molecule has 2 saturated heterocycles. The number of benzene rings is 2. The minimum absolute atomic E-state index is 0.238. The van der Waals surface area contributed by atoms with Gasteiger partial charge >= 0.3 is 6.03 Å². The Morgan fingerprint density at radius 3 is 2.67 bits per heavy atom. The number of nitrogens with zero attached hydrogens (tertiary/aromatic N) is 2. The van der Waals surface area contributed by atoms with E-state index in [2.05, 4.69) is 48.9 Å². The lowest BCUT2D eigenvalue weighted by atomic mass is 9.90. The lowest BCUT2D eigenvalue weighted by Gasteiger charge is -2.35. The van der Waals surface area contributed by atoms with E-state index in [1.165, 1.54) is 18.4 Å². The van der Waals surface area contributed by atoms with Crippen LogP contribution in [0.15, 0.2) is 60.8 Å². The van der Waals surface area contributed by atoms with Gasteiger partial charge in [0, 0.05) is 51.0 Å². The van der Waals surface area contributed by atoms with Crippen molar-refractivity contribution in [3.05, 3.63) is 71.9 Å². The number of hydrogen-bond acceptors (Lipinski definition) is 4. The van der Waals surface area contributed by atoms with Gasteiger partial charge in [0.15, 0.2) is 0 Å². The van der Waals surface area contributed by atoms with Gasteiger partial charge in [-0.25, -0.2) is 4.79 Å². The summed E-state index contributed by atoms with van der Waals surface area (Å²) in [4.78, 5) is 20.5. The van der Waals surface area contributed by atoms with E-state index in [-0.39, 0.29) is 6.03 Å². The molecule has 8 nitrogen and oxygen atoms in total. The molecule has 3 heterocycles. The zero-order valence-electron chi connectivity index (χ0n) is 20.8. The summed E-state index contributed by atoms with van der Waals surface area (Å²) in [6.07, 6.45) is 6.33. The third-order valence-electron chi connectivity index (χ3n) is 7.20. The Morgan fingerprint density at radius 2 is 1.83 bits per heavy atom. The third-order valence-corrected chi connectivity index (χ3v) is 7.20. The molecule has 2 aliphatic rings. The van der Waals surface area contributed by atoms with Crippen LogP contribution in [0.1, 0.15) is 42.7 Å². The van der Waals surface area contributed by atoms with E-state index in [9.17, 15) is 4.79 Å². The van der Waals surface area contributed by atoms with Crippen molar-refractivity contribution in [1.29, 1.82) is 5.41 Å². The minimum atomic E-state index is -0.238. The van der Waals surface area contributed by atoms with Crippen LogP contribution in [0.2, 0.25) is 0 Å². The fourth-order valence-electron chi connectivity index (χ4n) is 5.36. The molecule has 2 amide bonds. The maximum Gasteiger partial charge on any atom is 0.323 e. The number of H-pyrrole nitrogens is 1.